The van der Waals surface area contributed by atoms with Gasteiger partial charge in [-0.05, 0) is 31.4 Å². The van der Waals surface area contributed by atoms with Crippen LogP contribution < -0.4 is 10.2 Å². The van der Waals surface area contributed by atoms with Gasteiger partial charge in [0.05, 0.1) is 12.2 Å². The van der Waals surface area contributed by atoms with Gasteiger partial charge in [-0.1, -0.05) is 31.2 Å². The molecule has 6 heteroatoms. The van der Waals surface area contributed by atoms with Crippen molar-refractivity contribution in [3.63, 3.8) is 0 Å². The number of nitrogens with one attached hydrogen (secondary N) is 1. The minimum atomic E-state index is -0.522. The predicted octanol–water partition coefficient (Wildman–Crippen LogP) is 2.33. The highest BCUT2D eigenvalue weighted by Gasteiger charge is 2.34. The summed E-state index contributed by atoms with van der Waals surface area (Å²) in [6, 6.07) is 9.31. The molecule has 0 radical (unpaired) electrons. The molecule has 2 amide bonds. The molecule has 1 aliphatic heterocycles. The van der Waals surface area contributed by atoms with Gasteiger partial charge in [0.15, 0.2) is 0 Å². The minimum Gasteiger partial charge on any atom is -0.350 e. The average molecular weight is 340 g/mol. The van der Waals surface area contributed by atoms with Crippen LogP contribution in [0.2, 0.25) is 0 Å². The lowest BCUT2D eigenvalue weighted by Crippen LogP contribution is -2.52. The van der Waals surface area contributed by atoms with E-state index in [9.17, 15) is 9.59 Å². The van der Waals surface area contributed by atoms with E-state index in [0.717, 1.165) is 16.8 Å². The molecule has 0 fully saturated rings. The Hall–Kier alpha value is -2.63. The zero-order valence-electron chi connectivity index (χ0n) is 15.0. The zero-order valence-corrected chi connectivity index (χ0v) is 15.0. The first kappa shape index (κ1) is 17.2. The van der Waals surface area contributed by atoms with Crippen molar-refractivity contribution >= 4 is 17.6 Å². The fraction of sp³-hybridized carbons (Fsp3) is 0.421. The molecule has 3 rings (SSSR count). The van der Waals surface area contributed by atoms with Crippen molar-refractivity contribution in [2.24, 2.45) is 0 Å². The highest BCUT2D eigenvalue weighted by Crippen LogP contribution is 2.26. The van der Waals surface area contributed by atoms with E-state index < -0.39 is 6.04 Å². The molecule has 1 aromatic carbocycles. The van der Waals surface area contributed by atoms with Crippen molar-refractivity contribution < 1.29 is 9.59 Å². The van der Waals surface area contributed by atoms with Gasteiger partial charge >= 0.3 is 0 Å². The molecule has 0 aliphatic carbocycles. The molecule has 1 unspecified atom stereocenters. The van der Waals surface area contributed by atoms with Gasteiger partial charge in [-0.15, -0.1) is 0 Å². The lowest BCUT2D eigenvalue weighted by atomic mass is 10.1. The standard InChI is InChI=1S/C19H24N4O2/c1-4-16(19(25)20-12-15-8-6-5-7-13(15)2)23-17-11-14(3)21-22(17)10-9-18(23)24/h5-8,11,16H,4,9-10,12H2,1-3H3,(H,20,25). The number of anilines is 1. The molecule has 1 aliphatic rings. The number of hydrogen-bond donors (Lipinski definition) is 1. The van der Waals surface area contributed by atoms with Crippen LogP contribution in [-0.4, -0.2) is 27.6 Å². The Bertz CT molecular complexity index is 796. The van der Waals surface area contributed by atoms with Gasteiger partial charge in [0.1, 0.15) is 11.9 Å². The first-order chi connectivity index (χ1) is 12.0. The highest BCUT2D eigenvalue weighted by molar-refractivity contribution is 6.00. The summed E-state index contributed by atoms with van der Waals surface area (Å²) in [5.41, 5.74) is 3.07. The van der Waals surface area contributed by atoms with Crippen LogP contribution in [-0.2, 0) is 22.7 Å². The van der Waals surface area contributed by atoms with Crippen LogP contribution in [0.5, 0.6) is 0 Å². The van der Waals surface area contributed by atoms with E-state index in [1.54, 1.807) is 4.90 Å². The van der Waals surface area contributed by atoms with Crippen LogP contribution in [0.3, 0.4) is 0 Å². The number of nitrogens with zero attached hydrogens (tertiary/aromatic N) is 3. The Balaban J connectivity index is 1.78. The summed E-state index contributed by atoms with van der Waals surface area (Å²) in [6.07, 6.45) is 0.922. The SMILES string of the molecule is CCC(C(=O)NCc1ccccc1C)N1C(=O)CCn2nc(C)cc21. The summed E-state index contributed by atoms with van der Waals surface area (Å²) in [6.45, 7) is 6.87. The monoisotopic (exact) mass is 340 g/mol. The largest absolute Gasteiger partial charge is 0.350 e. The molecule has 2 heterocycles. The summed E-state index contributed by atoms with van der Waals surface area (Å²) in [7, 11) is 0. The van der Waals surface area contributed by atoms with Gasteiger partial charge in [0.25, 0.3) is 0 Å². The number of aromatic nitrogens is 2. The normalized spacial score (nSPS) is 15.0. The van der Waals surface area contributed by atoms with Crippen molar-refractivity contribution in [1.82, 2.24) is 15.1 Å². The lowest BCUT2D eigenvalue weighted by Gasteiger charge is -2.33. The molecular weight excluding hydrogens is 316 g/mol. The summed E-state index contributed by atoms with van der Waals surface area (Å²) in [4.78, 5) is 26.9. The smallest absolute Gasteiger partial charge is 0.243 e. The quantitative estimate of drug-likeness (QED) is 0.908. The van der Waals surface area contributed by atoms with E-state index in [-0.39, 0.29) is 11.8 Å². The summed E-state index contributed by atoms with van der Waals surface area (Å²) in [5.74, 6) is 0.559. The second-order valence-corrected chi connectivity index (χ2v) is 6.45. The maximum absolute atomic E-state index is 12.8. The van der Waals surface area contributed by atoms with E-state index in [2.05, 4.69) is 10.4 Å². The average Bonchev–Trinajstić information content (AvgIpc) is 2.97. The Labute approximate surface area is 147 Å². The number of rotatable bonds is 5. The van der Waals surface area contributed by atoms with Crippen LogP contribution >= 0.6 is 0 Å². The Morgan fingerprint density at radius 1 is 1.32 bits per heavy atom. The number of fused-ring (bicyclic) bond motifs is 1. The first-order valence-electron chi connectivity index (χ1n) is 8.70. The molecule has 0 saturated heterocycles. The number of carbonyl (C=O) groups is 2. The van der Waals surface area contributed by atoms with Crippen LogP contribution in [0.25, 0.3) is 0 Å². The van der Waals surface area contributed by atoms with Crippen molar-refractivity contribution in [3.05, 3.63) is 47.2 Å². The fourth-order valence-corrected chi connectivity index (χ4v) is 3.27. The molecule has 2 aromatic rings. The molecule has 0 spiro atoms. The zero-order chi connectivity index (χ0) is 18.0. The van der Waals surface area contributed by atoms with Crippen LogP contribution in [0.4, 0.5) is 5.82 Å². The van der Waals surface area contributed by atoms with Crippen LogP contribution in [0, 0.1) is 13.8 Å². The molecule has 132 valence electrons. The van der Waals surface area contributed by atoms with Gasteiger partial charge < -0.3 is 5.32 Å². The minimum absolute atomic E-state index is 0.0229. The first-order valence-corrected chi connectivity index (χ1v) is 8.70. The summed E-state index contributed by atoms with van der Waals surface area (Å²) >= 11 is 0. The predicted molar refractivity (Wildman–Crippen MR) is 96.2 cm³/mol. The van der Waals surface area contributed by atoms with Crippen molar-refractivity contribution in [2.75, 3.05) is 4.90 Å². The van der Waals surface area contributed by atoms with Crippen LogP contribution in [0.15, 0.2) is 30.3 Å². The van der Waals surface area contributed by atoms with E-state index in [0.29, 0.717) is 31.7 Å². The molecule has 0 saturated carbocycles. The Morgan fingerprint density at radius 3 is 2.80 bits per heavy atom. The maximum atomic E-state index is 12.8. The second-order valence-electron chi connectivity index (χ2n) is 6.45. The van der Waals surface area contributed by atoms with E-state index in [1.165, 1.54) is 0 Å². The summed E-state index contributed by atoms with van der Waals surface area (Å²) < 4.78 is 1.81. The Morgan fingerprint density at radius 2 is 2.08 bits per heavy atom. The molecular formula is C19H24N4O2. The molecule has 0 bridgehead atoms. The number of amides is 2. The van der Waals surface area contributed by atoms with E-state index >= 15 is 0 Å². The van der Waals surface area contributed by atoms with Gasteiger partial charge in [-0.2, -0.15) is 5.10 Å². The number of benzene rings is 1. The van der Waals surface area contributed by atoms with Crippen molar-refractivity contribution in [1.29, 1.82) is 0 Å². The van der Waals surface area contributed by atoms with Gasteiger partial charge in [0.2, 0.25) is 11.8 Å². The van der Waals surface area contributed by atoms with E-state index in [1.807, 2.05) is 55.8 Å². The second kappa shape index (κ2) is 7.09. The summed E-state index contributed by atoms with van der Waals surface area (Å²) in [5, 5.41) is 7.39. The Kier molecular flexibility index (Phi) is 4.88. The molecule has 1 aromatic heterocycles. The van der Waals surface area contributed by atoms with Crippen molar-refractivity contribution in [3.8, 4) is 0 Å². The number of hydrogen-bond acceptors (Lipinski definition) is 3. The highest BCUT2D eigenvalue weighted by atomic mass is 16.2. The van der Waals surface area contributed by atoms with Gasteiger partial charge in [-0.3, -0.25) is 14.5 Å². The third-order valence-corrected chi connectivity index (χ3v) is 4.65. The maximum Gasteiger partial charge on any atom is 0.243 e. The van der Waals surface area contributed by atoms with Gasteiger partial charge in [0, 0.05) is 19.0 Å². The third-order valence-electron chi connectivity index (χ3n) is 4.65. The molecule has 1 atom stereocenters. The molecule has 25 heavy (non-hydrogen) atoms. The van der Waals surface area contributed by atoms with Crippen molar-refractivity contribution in [2.45, 2.75) is 52.7 Å². The molecule has 1 N–H and O–H groups in total. The third kappa shape index (κ3) is 3.43. The topological polar surface area (TPSA) is 67.2 Å². The number of aryl methyl sites for hydroxylation is 3. The van der Waals surface area contributed by atoms with Crippen LogP contribution in [0.1, 0.15) is 36.6 Å². The fourth-order valence-electron chi connectivity index (χ4n) is 3.27. The van der Waals surface area contributed by atoms with E-state index in [4.69, 9.17) is 0 Å². The molecule has 6 nitrogen and oxygen atoms in total. The lowest BCUT2D eigenvalue weighted by molar-refractivity contribution is -0.127. The van der Waals surface area contributed by atoms with Gasteiger partial charge in [-0.25, -0.2) is 4.68 Å². The number of carbonyl (C=O) groups excluding carboxylic acids is 2.